The number of fused-ring (bicyclic) bond motifs is 1. The number of benzene rings is 1. The SMILES string of the molecule is Cc1ccc2cc1-2.OCC1COC1. The first-order chi connectivity index (χ1) is 6.31. The van der Waals surface area contributed by atoms with E-state index in [1.807, 2.05) is 0 Å². The summed E-state index contributed by atoms with van der Waals surface area (Å²) in [5.74, 6) is 0.449. The molecule has 13 heavy (non-hydrogen) atoms. The van der Waals surface area contributed by atoms with E-state index in [0.717, 1.165) is 13.2 Å². The van der Waals surface area contributed by atoms with Crippen LogP contribution >= 0.6 is 0 Å². The minimum Gasteiger partial charge on any atom is -0.396 e. The standard InChI is InChI=1S/C7H6.C4H8O2/c1-5-2-3-6-4-7(5)6;5-1-4-2-6-3-4/h2-4H,1H3;4-5H,1-3H2. The molecule has 1 saturated heterocycles. The van der Waals surface area contributed by atoms with Crippen molar-refractivity contribution in [2.75, 3.05) is 19.8 Å². The van der Waals surface area contributed by atoms with Crippen molar-refractivity contribution in [2.45, 2.75) is 6.92 Å². The Hall–Kier alpha value is -0.860. The van der Waals surface area contributed by atoms with Crippen LogP contribution in [0.2, 0.25) is 0 Å². The molecule has 0 amide bonds. The Morgan fingerprint density at radius 3 is 2.31 bits per heavy atom. The monoisotopic (exact) mass is 178 g/mol. The molecule has 1 heterocycles. The van der Waals surface area contributed by atoms with E-state index in [4.69, 9.17) is 9.84 Å². The molecule has 0 atom stereocenters. The van der Waals surface area contributed by atoms with Crippen LogP contribution in [0.5, 0.6) is 0 Å². The molecule has 3 aliphatic rings. The molecule has 70 valence electrons. The zero-order valence-corrected chi connectivity index (χ0v) is 7.79. The predicted molar refractivity (Wildman–Crippen MR) is 51.6 cm³/mol. The smallest absolute Gasteiger partial charge is 0.0538 e. The molecule has 2 nitrogen and oxygen atoms in total. The van der Waals surface area contributed by atoms with Gasteiger partial charge in [-0.15, -0.1) is 0 Å². The van der Waals surface area contributed by atoms with E-state index in [1.54, 1.807) is 0 Å². The average Bonchev–Trinajstić information content (AvgIpc) is 2.72. The van der Waals surface area contributed by atoms with Crippen LogP contribution in [0.25, 0.3) is 11.1 Å². The quantitative estimate of drug-likeness (QED) is 0.718. The van der Waals surface area contributed by atoms with Gasteiger partial charge in [0.05, 0.1) is 19.8 Å². The second-order valence-corrected chi connectivity index (χ2v) is 3.62. The highest BCUT2D eigenvalue weighted by Crippen LogP contribution is 2.37. The summed E-state index contributed by atoms with van der Waals surface area (Å²) < 4.78 is 4.77. The van der Waals surface area contributed by atoms with Gasteiger partial charge in [-0.1, -0.05) is 12.1 Å². The Bertz CT molecular complexity index is 300. The lowest BCUT2D eigenvalue weighted by Gasteiger charge is -2.22. The summed E-state index contributed by atoms with van der Waals surface area (Å²) in [5.41, 5.74) is 4.34. The predicted octanol–water partition coefficient (Wildman–Crippen LogP) is 1.60. The molecule has 2 aliphatic carbocycles. The third-order valence-electron chi connectivity index (χ3n) is 2.43. The molecular weight excluding hydrogens is 164 g/mol. The van der Waals surface area contributed by atoms with E-state index in [0.29, 0.717) is 12.5 Å². The lowest BCUT2D eigenvalue weighted by molar-refractivity contribution is -0.0554. The molecule has 1 fully saturated rings. The van der Waals surface area contributed by atoms with Crippen LogP contribution in [0.1, 0.15) is 5.56 Å². The maximum absolute atomic E-state index is 8.31. The second kappa shape index (κ2) is 3.48. The molecule has 1 N–H and O–H groups in total. The van der Waals surface area contributed by atoms with Gasteiger partial charge in [0.15, 0.2) is 0 Å². The molecule has 2 heteroatoms. The maximum Gasteiger partial charge on any atom is 0.0538 e. The summed E-state index contributed by atoms with van der Waals surface area (Å²) in [6, 6.07) is 6.52. The summed E-state index contributed by atoms with van der Waals surface area (Å²) in [4.78, 5) is 0. The molecule has 0 saturated carbocycles. The highest BCUT2D eigenvalue weighted by Gasteiger charge is 2.15. The topological polar surface area (TPSA) is 29.5 Å². The fraction of sp³-hybridized carbons (Fsp3) is 0.455. The van der Waals surface area contributed by atoms with Crippen molar-refractivity contribution in [2.24, 2.45) is 5.92 Å². The van der Waals surface area contributed by atoms with Gasteiger partial charge in [0.2, 0.25) is 0 Å². The van der Waals surface area contributed by atoms with Gasteiger partial charge in [0.1, 0.15) is 0 Å². The van der Waals surface area contributed by atoms with Crippen molar-refractivity contribution in [1.29, 1.82) is 0 Å². The molecule has 0 aromatic carbocycles. The van der Waals surface area contributed by atoms with Crippen LogP contribution in [0, 0.1) is 12.8 Å². The third kappa shape index (κ3) is 1.90. The number of aliphatic hydroxyl groups excluding tert-OH is 1. The summed E-state index contributed by atoms with van der Waals surface area (Å²) >= 11 is 0. The number of aryl methyl sites for hydroxylation is 1. The molecule has 0 bridgehead atoms. The summed E-state index contributed by atoms with van der Waals surface area (Å²) in [6.45, 7) is 3.95. The molecular formula is C11H14O2. The lowest BCUT2D eigenvalue weighted by atomic mass is 10.1. The van der Waals surface area contributed by atoms with E-state index >= 15 is 0 Å². The van der Waals surface area contributed by atoms with Crippen molar-refractivity contribution in [3.63, 3.8) is 0 Å². The summed E-state index contributed by atoms with van der Waals surface area (Å²) in [5, 5.41) is 8.31. The van der Waals surface area contributed by atoms with Gasteiger partial charge < -0.3 is 9.84 Å². The van der Waals surface area contributed by atoms with Gasteiger partial charge in [-0.2, -0.15) is 0 Å². The third-order valence-corrected chi connectivity index (χ3v) is 2.43. The van der Waals surface area contributed by atoms with Gasteiger partial charge in [-0.05, 0) is 29.7 Å². The van der Waals surface area contributed by atoms with Gasteiger partial charge in [-0.25, -0.2) is 0 Å². The largest absolute Gasteiger partial charge is 0.396 e. The number of hydrogen-bond acceptors (Lipinski definition) is 2. The van der Waals surface area contributed by atoms with Crippen molar-refractivity contribution < 1.29 is 9.84 Å². The molecule has 0 spiro atoms. The number of hydrogen-bond donors (Lipinski definition) is 1. The van der Waals surface area contributed by atoms with Crippen LogP contribution in [0.15, 0.2) is 18.2 Å². The minimum absolute atomic E-state index is 0.292. The molecule has 0 radical (unpaired) electrons. The Balaban J connectivity index is 0.000000102. The van der Waals surface area contributed by atoms with Crippen molar-refractivity contribution in [1.82, 2.24) is 0 Å². The lowest BCUT2D eigenvalue weighted by Crippen LogP contribution is -2.30. The Morgan fingerprint density at radius 2 is 2.23 bits per heavy atom. The maximum atomic E-state index is 8.31. The fourth-order valence-corrected chi connectivity index (χ4v) is 1.29. The molecule has 0 aromatic rings. The van der Waals surface area contributed by atoms with E-state index < -0.39 is 0 Å². The highest BCUT2D eigenvalue weighted by molar-refractivity contribution is 5.84. The summed E-state index contributed by atoms with van der Waals surface area (Å²) in [7, 11) is 0. The van der Waals surface area contributed by atoms with E-state index in [2.05, 4.69) is 25.1 Å². The van der Waals surface area contributed by atoms with Gasteiger partial charge in [0.25, 0.3) is 0 Å². The first kappa shape index (κ1) is 8.73. The average molecular weight is 178 g/mol. The zero-order chi connectivity index (χ0) is 9.26. The van der Waals surface area contributed by atoms with Crippen LogP contribution < -0.4 is 0 Å². The van der Waals surface area contributed by atoms with Crippen LogP contribution in [0.4, 0.5) is 0 Å². The fourth-order valence-electron chi connectivity index (χ4n) is 1.29. The first-order valence-corrected chi connectivity index (χ1v) is 4.61. The summed E-state index contributed by atoms with van der Waals surface area (Å²) in [6.07, 6.45) is 0. The van der Waals surface area contributed by atoms with Gasteiger partial charge in [0, 0.05) is 5.92 Å². The second-order valence-electron chi connectivity index (χ2n) is 3.62. The number of ether oxygens (including phenoxy) is 1. The highest BCUT2D eigenvalue weighted by atomic mass is 16.5. The molecule has 1 aliphatic heterocycles. The van der Waals surface area contributed by atoms with Crippen molar-refractivity contribution in [3.8, 4) is 11.1 Å². The molecule has 0 aromatic heterocycles. The van der Waals surface area contributed by atoms with Gasteiger partial charge in [-0.3, -0.25) is 0 Å². The van der Waals surface area contributed by atoms with Crippen molar-refractivity contribution >= 4 is 0 Å². The Labute approximate surface area is 78.2 Å². The van der Waals surface area contributed by atoms with E-state index in [1.165, 1.54) is 16.7 Å². The minimum atomic E-state index is 0.292. The Kier molecular flexibility index (Phi) is 2.34. The Morgan fingerprint density at radius 1 is 1.46 bits per heavy atom. The van der Waals surface area contributed by atoms with E-state index in [-0.39, 0.29) is 0 Å². The normalized spacial score (nSPS) is 17.1. The van der Waals surface area contributed by atoms with Crippen LogP contribution in [0.3, 0.4) is 0 Å². The van der Waals surface area contributed by atoms with E-state index in [9.17, 15) is 0 Å². The molecule has 0 unspecified atom stereocenters. The van der Waals surface area contributed by atoms with Crippen LogP contribution in [-0.2, 0) is 4.74 Å². The number of aliphatic hydroxyl groups is 1. The first-order valence-electron chi connectivity index (χ1n) is 4.61. The van der Waals surface area contributed by atoms with Gasteiger partial charge >= 0.3 is 0 Å². The van der Waals surface area contributed by atoms with Crippen LogP contribution in [-0.4, -0.2) is 24.9 Å². The zero-order valence-electron chi connectivity index (χ0n) is 7.79. The number of rotatable bonds is 1. The molecule has 3 rings (SSSR count). The van der Waals surface area contributed by atoms with Crippen molar-refractivity contribution in [3.05, 3.63) is 23.8 Å².